The monoisotopic (exact) mass is 602 g/mol. The number of hydrogen-bond acceptors (Lipinski definition) is 7. The molecule has 4 aromatic rings. The number of hydrogen-bond donors (Lipinski definition) is 2. The SMILES string of the molecule is Cc1ncc(NC(=O)C[C@@H]2CCCN2C)cc1NC(=O)c1cnc2c(c1)cc(-c1cnn(C)c1)n2COCC[Si](C)(C)C. The van der Waals surface area contributed by atoms with Crippen molar-refractivity contribution in [2.24, 2.45) is 7.05 Å². The second-order valence-electron chi connectivity index (χ2n) is 12.7. The molecule has 5 heterocycles. The Labute approximate surface area is 253 Å². The first-order valence-electron chi connectivity index (χ1n) is 14.8. The minimum Gasteiger partial charge on any atom is -0.361 e. The van der Waals surface area contributed by atoms with E-state index in [1.165, 1.54) is 0 Å². The number of likely N-dealkylation sites (tertiary alicyclic amines) is 1. The van der Waals surface area contributed by atoms with Crippen molar-refractivity contribution in [3.63, 3.8) is 0 Å². The highest BCUT2D eigenvalue weighted by molar-refractivity contribution is 6.76. The summed E-state index contributed by atoms with van der Waals surface area (Å²) in [6.45, 7) is 10.9. The Balaban J connectivity index is 1.33. The molecule has 2 amide bonds. The number of nitrogens with one attached hydrogen (secondary N) is 2. The van der Waals surface area contributed by atoms with E-state index in [0.29, 0.717) is 42.4 Å². The summed E-state index contributed by atoms with van der Waals surface area (Å²) < 4.78 is 9.88. The van der Waals surface area contributed by atoms with Gasteiger partial charge in [-0.25, -0.2) is 4.98 Å². The van der Waals surface area contributed by atoms with E-state index in [1.54, 1.807) is 23.1 Å². The molecule has 12 heteroatoms. The standard InChI is InChI=1S/C31H42N8O3Si/c1-21-27(14-25(18-32-21)35-29(40)15-26-8-7-9-37(26)2)36-31(41)23-12-22-13-28(24-17-34-38(3)19-24)39(30(22)33-16-23)20-42-10-11-43(4,5)6/h12-14,16-19,26H,7-11,15,20H2,1-6H3,(H,35,40)(H,36,41)/t26-/m0/s1. The Bertz CT molecular complexity index is 1620. The Morgan fingerprint density at radius 3 is 2.58 bits per heavy atom. The van der Waals surface area contributed by atoms with Crippen LogP contribution in [0.1, 0.15) is 35.3 Å². The quantitative estimate of drug-likeness (QED) is 0.181. The number of carbonyl (C=O) groups excluding carboxylic acids is 2. The highest BCUT2D eigenvalue weighted by Crippen LogP contribution is 2.28. The minimum atomic E-state index is -1.22. The predicted molar refractivity (Wildman–Crippen MR) is 172 cm³/mol. The van der Waals surface area contributed by atoms with Gasteiger partial charge in [0, 0.05) is 57.5 Å². The van der Waals surface area contributed by atoms with E-state index in [2.05, 4.69) is 57.3 Å². The van der Waals surface area contributed by atoms with Gasteiger partial charge in [-0.05, 0) is 57.6 Å². The number of amides is 2. The van der Waals surface area contributed by atoms with Gasteiger partial charge in [-0.1, -0.05) is 19.6 Å². The van der Waals surface area contributed by atoms with E-state index in [9.17, 15) is 9.59 Å². The van der Waals surface area contributed by atoms with Crippen LogP contribution in [0.25, 0.3) is 22.3 Å². The van der Waals surface area contributed by atoms with E-state index in [4.69, 9.17) is 4.74 Å². The second kappa shape index (κ2) is 12.8. The van der Waals surface area contributed by atoms with Crippen LogP contribution in [0.15, 0.2) is 43.0 Å². The van der Waals surface area contributed by atoms with Crippen LogP contribution in [0, 0.1) is 6.92 Å². The fourth-order valence-electron chi connectivity index (χ4n) is 5.31. The summed E-state index contributed by atoms with van der Waals surface area (Å²) in [5.74, 6) is -0.368. The van der Waals surface area contributed by atoms with Crippen molar-refractivity contribution in [3.05, 3.63) is 54.2 Å². The third-order valence-electron chi connectivity index (χ3n) is 7.92. The van der Waals surface area contributed by atoms with Crippen molar-refractivity contribution in [1.29, 1.82) is 0 Å². The van der Waals surface area contributed by atoms with Gasteiger partial charge in [0.25, 0.3) is 5.91 Å². The zero-order valence-electron chi connectivity index (χ0n) is 26.0. The third kappa shape index (κ3) is 7.56. The number of pyridine rings is 2. The van der Waals surface area contributed by atoms with Crippen molar-refractivity contribution in [2.75, 3.05) is 30.8 Å². The highest BCUT2D eigenvalue weighted by atomic mass is 28.3. The lowest BCUT2D eigenvalue weighted by Crippen LogP contribution is -2.29. The molecule has 2 N–H and O–H groups in total. The van der Waals surface area contributed by atoms with Crippen molar-refractivity contribution in [3.8, 4) is 11.3 Å². The summed E-state index contributed by atoms with van der Waals surface area (Å²) in [5.41, 5.74) is 4.75. The van der Waals surface area contributed by atoms with Crippen molar-refractivity contribution in [2.45, 2.75) is 64.6 Å². The number of ether oxygens (including phenoxy) is 1. The summed E-state index contributed by atoms with van der Waals surface area (Å²) in [4.78, 5) is 37.3. The van der Waals surface area contributed by atoms with E-state index in [1.807, 2.05) is 43.1 Å². The topological polar surface area (TPSA) is 119 Å². The van der Waals surface area contributed by atoms with Crippen molar-refractivity contribution < 1.29 is 14.3 Å². The van der Waals surface area contributed by atoms with Gasteiger partial charge in [0.05, 0.1) is 40.7 Å². The molecule has 1 saturated heterocycles. The van der Waals surface area contributed by atoms with Crippen LogP contribution in [0.4, 0.5) is 11.4 Å². The van der Waals surface area contributed by atoms with E-state index in [-0.39, 0.29) is 17.9 Å². The molecule has 0 saturated carbocycles. The third-order valence-corrected chi connectivity index (χ3v) is 9.63. The van der Waals surface area contributed by atoms with Crippen LogP contribution in [0.2, 0.25) is 25.7 Å². The Kier molecular flexibility index (Phi) is 9.09. The molecule has 0 unspecified atom stereocenters. The van der Waals surface area contributed by atoms with Gasteiger partial charge in [0.2, 0.25) is 5.91 Å². The number of rotatable bonds is 11. The first kappa shape index (κ1) is 30.6. The van der Waals surface area contributed by atoms with Gasteiger partial charge >= 0.3 is 0 Å². The zero-order chi connectivity index (χ0) is 30.7. The normalized spacial score (nSPS) is 15.7. The summed E-state index contributed by atoms with van der Waals surface area (Å²) in [6.07, 6.45) is 9.52. The molecule has 228 valence electrons. The van der Waals surface area contributed by atoms with Gasteiger partial charge in [-0.15, -0.1) is 0 Å². The first-order chi connectivity index (χ1) is 20.5. The Hall–Kier alpha value is -3.87. The van der Waals surface area contributed by atoms with Crippen LogP contribution in [-0.4, -0.2) is 75.3 Å². The Morgan fingerprint density at radius 1 is 1.07 bits per heavy atom. The van der Waals surface area contributed by atoms with Crippen molar-refractivity contribution in [1.82, 2.24) is 29.2 Å². The lowest BCUT2D eigenvalue weighted by Gasteiger charge is -2.18. The molecule has 1 aliphatic heterocycles. The number of aryl methyl sites for hydroxylation is 2. The first-order valence-corrected chi connectivity index (χ1v) is 18.5. The number of nitrogens with zero attached hydrogens (tertiary/aromatic N) is 6. The van der Waals surface area contributed by atoms with Crippen LogP contribution in [-0.2, 0) is 23.3 Å². The molecule has 0 radical (unpaired) electrons. The summed E-state index contributed by atoms with van der Waals surface area (Å²) in [6, 6.07) is 6.93. The molecule has 11 nitrogen and oxygen atoms in total. The van der Waals surface area contributed by atoms with Gasteiger partial charge in [-0.2, -0.15) is 5.10 Å². The maximum absolute atomic E-state index is 13.4. The molecular weight excluding hydrogens is 560 g/mol. The average Bonchev–Trinajstić information content (AvgIpc) is 3.66. The lowest BCUT2D eigenvalue weighted by atomic mass is 10.1. The van der Waals surface area contributed by atoms with Crippen molar-refractivity contribution >= 4 is 42.3 Å². The molecule has 43 heavy (non-hydrogen) atoms. The predicted octanol–water partition coefficient (Wildman–Crippen LogP) is 5.13. The lowest BCUT2D eigenvalue weighted by molar-refractivity contribution is -0.117. The average molecular weight is 603 g/mol. The Morgan fingerprint density at radius 2 is 1.88 bits per heavy atom. The number of aromatic nitrogens is 5. The molecule has 0 aliphatic carbocycles. The summed E-state index contributed by atoms with van der Waals surface area (Å²) in [5, 5.41) is 11.1. The van der Waals surface area contributed by atoms with E-state index >= 15 is 0 Å². The molecule has 4 aromatic heterocycles. The zero-order valence-corrected chi connectivity index (χ0v) is 27.0. The van der Waals surface area contributed by atoms with Crippen LogP contribution >= 0.6 is 0 Å². The van der Waals surface area contributed by atoms with Crippen LogP contribution in [0.5, 0.6) is 0 Å². The molecule has 1 fully saturated rings. The molecule has 1 aliphatic rings. The minimum absolute atomic E-state index is 0.0604. The van der Waals surface area contributed by atoms with Crippen LogP contribution < -0.4 is 10.6 Å². The fourth-order valence-corrected chi connectivity index (χ4v) is 6.07. The summed E-state index contributed by atoms with van der Waals surface area (Å²) >= 11 is 0. The smallest absolute Gasteiger partial charge is 0.257 e. The molecule has 1 atom stereocenters. The maximum Gasteiger partial charge on any atom is 0.257 e. The highest BCUT2D eigenvalue weighted by Gasteiger charge is 2.24. The molecule has 0 spiro atoms. The van der Waals surface area contributed by atoms with Gasteiger partial charge in [0.1, 0.15) is 12.4 Å². The van der Waals surface area contributed by atoms with Gasteiger partial charge in [0.15, 0.2) is 0 Å². The maximum atomic E-state index is 13.4. The van der Waals surface area contributed by atoms with E-state index < -0.39 is 8.07 Å². The van der Waals surface area contributed by atoms with Crippen LogP contribution in [0.3, 0.4) is 0 Å². The summed E-state index contributed by atoms with van der Waals surface area (Å²) in [7, 11) is 2.71. The van der Waals surface area contributed by atoms with Gasteiger partial charge < -0.3 is 24.8 Å². The second-order valence-corrected chi connectivity index (χ2v) is 18.3. The largest absolute Gasteiger partial charge is 0.361 e. The number of anilines is 2. The molecule has 5 rings (SSSR count). The molecule has 0 bridgehead atoms. The van der Waals surface area contributed by atoms with E-state index in [0.717, 1.165) is 47.7 Å². The number of carbonyl (C=O) groups is 2. The fraction of sp³-hybridized carbons (Fsp3) is 0.452. The molecule has 0 aromatic carbocycles. The number of fused-ring (bicyclic) bond motifs is 1. The molecular formula is C31H42N8O3Si. The van der Waals surface area contributed by atoms with Gasteiger partial charge in [-0.3, -0.25) is 19.3 Å².